The first-order valence-electron chi connectivity index (χ1n) is 3.16. The van der Waals surface area contributed by atoms with Crippen molar-refractivity contribution in [2.45, 2.75) is 6.04 Å². The van der Waals surface area contributed by atoms with Crippen molar-refractivity contribution in [2.75, 3.05) is 26.4 Å². The van der Waals surface area contributed by atoms with Crippen molar-refractivity contribution in [3.8, 4) is 0 Å². The van der Waals surface area contributed by atoms with Gasteiger partial charge in [-0.15, -0.1) is 0 Å². The van der Waals surface area contributed by atoms with Crippen LogP contribution in [-0.2, 0) is 9.47 Å². The molecule has 0 aromatic carbocycles. The molecule has 0 aliphatic carbocycles. The topological polar surface area (TPSA) is 30.8 Å². The zero-order valence-electron chi connectivity index (χ0n) is 5.58. The largest absolute Gasteiger partial charge is 0.377 e. The molecule has 0 aromatic heterocycles. The lowest BCUT2D eigenvalue weighted by Crippen LogP contribution is -2.15. The molecule has 1 aliphatic heterocycles. The van der Waals surface area contributed by atoms with Gasteiger partial charge in [-0.05, 0) is 12.2 Å². The second-order valence-electron chi connectivity index (χ2n) is 2.02. The Bertz CT molecular complexity index is 137. The van der Waals surface area contributed by atoms with Crippen molar-refractivity contribution in [3.63, 3.8) is 0 Å². The Morgan fingerprint density at radius 3 is 2.40 bits per heavy atom. The maximum atomic E-state index is 5.15. The van der Waals surface area contributed by atoms with Gasteiger partial charge in [0.25, 0.3) is 0 Å². The Morgan fingerprint density at radius 1 is 1.30 bits per heavy atom. The predicted molar refractivity (Wildman–Crippen MR) is 40.5 cm³/mol. The van der Waals surface area contributed by atoms with Crippen LogP contribution in [0.4, 0.5) is 0 Å². The highest BCUT2D eigenvalue weighted by Crippen LogP contribution is 1.97. The van der Waals surface area contributed by atoms with E-state index in [1.54, 1.807) is 0 Å². The van der Waals surface area contributed by atoms with Gasteiger partial charge in [-0.2, -0.15) is 0 Å². The first-order chi connectivity index (χ1) is 4.93. The molecular weight excluding hydrogens is 150 g/mol. The number of hydrogen-bond acceptors (Lipinski definition) is 4. The van der Waals surface area contributed by atoms with Crippen molar-refractivity contribution in [2.24, 2.45) is 4.99 Å². The van der Waals surface area contributed by atoms with Crippen molar-refractivity contribution in [3.05, 3.63) is 0 Å². The maximum Gasteiger partial charge on any atom is 0.107 e. The molecule has 4 heteroatoms. The Labute approximate surface area is 65.0 Å². The van der Waals surface area contributed by atoms with E-state index in [2.05, 4.69) is 22.4 Å². The van der Waals surface area contributed by atoms with E-state index >= 15 is 0 Å². The summed E-state index contributed by atoms with van der Waals surface area (Å²) in [5.41, 5.74) is 0. The molecule has 56 valence electrons. The minimum absolute atomic E-state index is 0.0556. The standard InChI is InChI=1S/C6H9NO2S/c10-5-7-6-3-8-1-2-9-4-6/h6H,1-4H2. The summed E-state index contributed by atoms with van der Waals surface area (Å²) >= 11 is 4.45. The summed E-state index contributed by atoms with van der Waals surface area (Å²) in [5.74, 6) is 0. The van der Waals surface area contributed by atoms with Crippen LogP contribution in [0.5, 0.6) is 0 Å². The molecule has 0 bridgehead atoms. The summed E-state index contributed by atoms with van der Waals surface area (Å²) < 4.78 is 10.3. The quantitative estimate of drug-likeness (QED) is 0.412. The van der Waals surface area contributed by atoms with E-state index in [4.69, 9.17) is 9.47 Å². The van der Waals surface area contributed by atoms with Crippen LogP contribution in [0.25, 0.3) is 0 Å². The van der Waals surface area contributed by atoms with Gasteiger partial charge < -0.3 is 9.47 Å². The summed E-state index contributed by atoms with van der Waals surface area (Å²) in [6.07, 6.45) is 0. The highest BCUT2D eigenvalue weighted by atomic mass is 32.1. The first-order valence-corrected chi connectivity index (χ1v) is 3.57. The van der Waals surface area contributed by atoms with E-state index in [1.165, 1.54) is 0 Å². The van der Waals surface area contributed by atoms with Gasteiger partial charge in [0.15, 0.2) is 0 Å². The van der Waals surface area contributed by atoms with Crippen molar-refractivity contribution >= 4 is 17.4 Å². The molecule has 0 spiro atoms. The van der Waals surface area contributed by atoms with Crippen molar-refractivity contribution in [1.29, 1.82) is 0 Å². The molecule has 1 fully saturated rings. The van der Waals surface area contributed by atoms with Crippen LogP contribution in [0.1, 0.15) is 0 Å². The molecule has 0 saturated carbocycles. The zero-order chi connectivity index (χ0) is 7.23. The first kappa shape index (κ1) is 7.82. The fourth-order valence-electron chi connectivity index (χ4n) is 0.754. The lowest BCUT2D eigenvalue weighted by Gasteiger charge is -2.03. The fourth-order valence-corrected chi connectivity index (χ4v) is 0.903. The van der Waals surface area contributed by atoms with E-state index in [1.807, 2.05) is 0 Å². The van der Waals surface area contributed by atoms with Crippen LogP contribution in [0.2, 0.25) is 0 Å². The Balaban J connectivity index is 2.34. The van der Waals surface area contributed by atoms with Gasteiger partial charge in [-0.1, -0.05) is 0 Å². The van der Waals surface area contributed by atoms with Gasteiger partial charge in [0.05, 0.1) is 31.6 Å². The van der Waals surface area contributed by atoms with Gasteiger partial charge in [0.1, 0.15) is 6.04 Å². The Kier molecular flexibility index (Phi) is 3.54. The molecule has 1 rings (SSSR count). The van der Waals surface area contributed by atoms with Gasteiger partial charge in [-0.3, -0.25) is 0 Å². The predicted octanol–water partition coefficient (Wildman–Crippen LogP) is 0.505. The monoisotopic (exact) mass is 159 g/mol. The molecule has 0 atom stereocenters. The Morgan fingerprint density at radius 2 is 1.90 bits per heavy atom. The maximum absolute atomic E-state index is 5.15. The molecule has 3 nitrogen and oxygen atoms in total. The van der Waals surface area contributed by atoms with Crippen molar-refractivity contribution < 1.29 is 9.47 Å². The third-order valence-electron chi connectivity index (χ3n) is 1.23. The molecule has 0 radical (unpaired) electrons. The number of aliphatic imine (C=N–C) groups is 1. The number of thiocarbonyl (C=S) groups is 1. The summed E-state index contributed by atoms with van der Waals surface area (Å²) in [4.78, 5) is 3.86. The molecule has 0 N–H and O–H groups in total. The van der Waals surface area contributed by atoms with Crippen LogP contribution < -0.4 is 0 Å². The van der Waals surface area contributed by atoms with Crippen molar-refractivity contribution in [1.82, 2.24) is 0 Å². The second kappa shape index (κ2) is 4.52. The molecular formula is C6H9NO2S. The average molecular weight is 159 g/mol. The van der Waals surface area contributed by atoms with Gasteiger partial charge in [-0.25, -0.2) is 4.99 Å². The molecule has 0 aromatic rings. The van der Waals surface area contributed by atoms with E-state index < -0.39 is 0 Å². The van der Waals surface area contributed by atoms with Gasteiger partial charge >= 0.3 is 0 Å². The minimum atomic E-state index is 0.0556. The van der Waals surface area contributed by atoms with Crippen LogP contribution in [-0.4, -0.2) is 37.6 Å². The van der Waals surface area contributed by atoms with E-state index in [0.717, 1.165) is 0 Å². The van der Waals surface area contributed by atoms with Crippen LogP contribution in [0, 0.1) is 0 Å². The van der Waals surface area contributed by atoms with E-state index in [0.29, 0.717) is 26.4 Å². The number of nitrogens with zero attached hydrogens (tertiary/aromatic N) is 1. The summed E-state index contributed by atoms with van der Waals surface area (Å²) in [5, 5.41) is 2.31. The summed E-state index contributed by atoms with van der Waals surface area (Å²) in [7, 11) is 0. The zero-order valence-corrected chi connectivity index (χ0v) is 6.39. The highest BCUT2D eigenvalue weighted by molar-refractivity contribution is 7.78. The number of ether oxygens (including phenoxy) is 2. The Hall–Kier alpha value is -0.280. The molecule has 0 amide bonds. The molecule has 10 heavy (non-hydrogen) atoms. The van der Waals surface area contributed by atoms with Crippen LogP contribution >= 0.6 is 12.2 Å². The van der Waals surface area contributed by atoms with Crippen LogP contribution in [0.15, 0.2) is 4.99 Å². The summed E-state index contributed by atoms with van der Waals surface area (Å²) in [6.45, 7) is 2.51. The normalized spacial score (nSPS) is 21.2. The number of rotatable bonds is 1. The van der Waals surface area contributed by atoms with Crippen LogP contribution in [0.3, 0.4) is 0 Å². The minimum Gasteiger partial charge on any atom is -0.377 e. The summed E-state index contributed by atoms with van der Waals surface area (Å²) in [6, 6.07) is 0.0556. The van der Waals surface area contributed by atoms with E-state index in [-0.39, 0.29) is 6.04 Å². The molecule has 1 saturated heterocycles. The number of isothiocyanates is 1. The second-order valence-corrected chi connectivity index (χ2v) is 2.21. The third-order valence-corrected chi connectivity index (χ3v) is 1.33. The molecule has 1 heterocycles. The highest BCUT2D eigenvalue weighted by Gasteiger charge is 2.09. The fraction of sp³-hybridized carbons (Fsp3) is 0.833. The smallest absolute Gasteiger partial charge is 0.107 e. The molecule has 0 unspecified atom stereocenters. The third kappa shape index (κ3) is 2.54. The molecule has 1 aliphatic rings. The van der Waals surface area contributed by atoms with E-state index in [9.17, 15) is 0 Å². The SMILES string of the molecule is S=C=NC1COCCOC1. The average Bonchev–Trinajstić information content (AvgIpc) is 2.17. The van der Waals surface area contributed by atoms with Gasteiger partial charge in [0, 0.05) is 0 Å². The lowest BCUT2D eigenvalue weighted by atomic mass is 10.4. The number of hydrogen-bond donors (Lipinski definition) is 0. The lowest BCUT2D eigenvalue weighted by molar-refractivity contribution is 0.103. The van der Waals surface area contributed by atoms with Gasteiger partial charge in [0.2, 0.25) is 0 Å².